The van der Waals surface area contributed by atoms with Crippen LogP contribution >= 0.6 is 45.2 Å². The third kappa shape index (κ3) is 3.20. The van der Waals surface area contributed by atoms with Crippen LogP contribution in [-0.2, 0) is 0 Å². The van der Waals surface area contributed by atoms with E-state index in [9.17, 15) is 0 Å². The minimum absolute atomic E-state index is 0.823. The SMILES string of the molecule is C=C(I)[C@@H]1CCC[C@H](CI)C1. The fourth-order valence-electron chi connectivity index (χ4n) is 1.72. The van der Waals surface area contributed by atoms with E-state index in [-0.39, 0.29) is 0 Å². The molecular weight excluding hydrogens is 362 g/mol. The second-order valence-electron chi connectivity index (χ2n) is 3.33. The van der Waals surface area contributed by atoms with Gasteiger partial charge in [0.15, 0.2) is 0 Å². The number of alkyl halides is 1. The van der Waals surface area contributed by atoms with Crippen LogP contribution in [0.15, 0.2) is 10.2 Å². The highest BCUT2D eigenvalue weighted by molar-refractivity contribution is 14.1. The van der Waals surface area contributed by atoms with Crippen molar-refractivity contribution in [1.82, 2.24) is 0 Å². The minimum Gasteiger partial charge on any atom is -0.0894 e. The molecule has 0 amide bonds. The number of rotatable bonds is 2. The van der Waals surface area contributed by atoms with Crippen molar-refractivity contribution < 1.29 is 0 Å². The lowest BCUT2D eigenvalue weighted by molar-refractivity contribution is 0.331. The molecule has 0 unspecified atom stereocenters. The highest BCUT2D eigenvalue weighted by Gasteiger charge is 2.21. The van der Waals surface area contributed by atoms with Crippen molar-refractivity contribution in [3.8, 4) is 0 Å². The Labute approximate surface area is 96.5 Å². The normalized spacial score (nSPS) is 31.8. The van der Waals surface area contributed by atoms with E-state index in [0.29, 0.717) is 0 Å². The molecule has 0 aromatic carbocycles. The number of hydrogen-bond acceptors (Lipinski definition) is 0. The summed E-state index contributed by atoms with van der Waals surface area (Å²) in [5.41, 5.74) is 0. The quantitative estimate of drug-likeness (QED) is 0.501. The van der Waals surface area contributed by atoms with E-state index >= 15 is 0 Å². The Kier molecular flexibility index (Phi) is 4.71. The molecule has 64 valence electrons. The van der Waals surface area contributed by atoms with E-state index in [4.69, 9.17) is 0 Å². The van der Waals surface area contributed by atoms with Crippen LogP contribution in [0.5, 0.6) is 0 Å². The van der Waals surface area contributed by atoms with Gasteiger partial charge >= 0.3 is 0 Å². The molecule has 0 bridgehead atoms. The summed E-state index contributed by atoms with van der Waals surface area (Å²) in [7, 11) is 0. The van der Waals surface area contributed by atoms with Crippen LogP contribution in [0.3, 0.4) is 0 Å². The fraction of sp³-hybridized carbons (Fsp3) is 0.778. The predicted octanol–water partition coefficient (Wildman–Crippen LogP) is 4.18. The molecule has 0 N–H and O–H groups in total. The van der Waals surface area contributed by atoms with Crippen LogP contribution in [-0.4, -0.2) is 4.43 Å². The summed E-state index contributed by atoms with van der Waals surface area (Å²) in [4.78, 5) is 0. The highest BCUT2D eigenvalue weighted by Crippen LogP contribution is 2.35. The maximum atomic E-state index is 4.03. The van der Waals surface area contributed by atoms with E-state index in [0.717, 1.165) is 11.8 Å². The zero-order chi connectivity index (χ0) is 8.27. The van der Waals surface area contributed by atoms with Crippen molar-refractivity contribution in [2.24, 2.45) is 11.8 Å². The number of halogens is 2. The average Bonchev–Trinajstić information content (AvgIpc) is 2.05. The third-order valence-electron chi connectivity index (χ3n) is 2.44. The lowest BCUT2D eigenvalue weighted by Gasteiger charge is -2.27. The van der Waals surface area contributed by atoms with Crippen LogP contribution in [0, 0.1) is 11.8 Å². The predicted molar refractivity (Wildman–Crippen MR) is 67.5 cm³/mol. The summed E-state index contributed by atoms with van der Waals surface area (Å²) in [6.07, 6.45) is 5.64. The average molecular weight is 376 g/mol. The molecule has 2 heteroatoms. The van der Waals surface area contributed by atoms with Crippen LogP contribution in [0.1, 0.15) is 25.7 Å². The molecule has 1 saturated carbocycles. The van der Waals surface area contributed by atoms with Gasteiger partial charge in [-0.15, -0.1) is 0 Å². The Morgan fingerprint density at radius 1 is 1.45 bits per heavy atom. The zero-order valence-corrected chi connectivity index (χ0v) is 11.0. The van der Waals surface area contributed by atoms with Gasteiger partial charge in [0.2, 0.25) is 0 Å². The van der Waals surface area contributed by atoms with Crippen LogP contribution < -0.4 is 0 Å². The van der Waals surface area contributed by atoms with Crippen molar-refractivity contribution in [2.75, 3.05) is 4.43 Å². The summed E-state index contributed by atoms with van der Waals surface area (Å²) in [6, 6.07) is 0. The summed E-state index contributed by atoms with van der Waals surface area (Å²) in [6.45, 7) is 4.03. The first-order chi connectivity index (χ1) is 5.24. The Morgan fingerprint density at radius 2 is 2.18 bits per heavy atom. The molecule has 0 aromatic heterocycles. The number of allylic oxidation sites excluding steroid dienone is 1. The van der Waals surface area contributed by atoms with Crippen LogP contribution in [0.4, 0.5) is 0 Å². The molecule has 0 saturated heterocycles. The van der Waals surface area contributed by atoms with Gasteiger partial charge in [-0.1, -0.05) is 35.6 Å². The van der Waals surface area contributed by atoms with Crippen molar-refractivity contribution in [1.29, 1.82) is 0 Å². The summed E-state index contributed by atoms with van der Waals surface area (Å²) in [5.74, 6) is 1.80. The number of hydrogen-bond donors (Lipinski definition) is 0. The second-order valence-corrected chi connectivity index (χ2v) is 5.60. The molecule has 0 aliphatic heterocycles. The van der Waals surface area contributed by atoms with Gasteiger partial charge in [-0.25, -0.2) is 0 Å². The van der Waals surface area contributed by atoms with Crippen molar-refractivity contribution in [3.63, 3.8) is 0 Å². The third-order valence-corrected chi connectivity index (χ3v) is 4.57. The first-order valence-corrected chi connectivity index (χ1v) is 6.74. The Morgan fingerprint density at radius 3 is 2.73 bits per heavy atom. The second kappa shape index (κ2) is 5.04. The Hall–Kier alpha value is 1.20. The summed E-state index contributed by atoms with van der Waals surface area (Å²) >= 11 is 4.90. The standard InChI is InChI=1S/C9H14I2/c1-7(11)9-4-2-3-8(5-9)6-10/h8-9H,1-6H2/t8-,9+/m0/s1. The molecule has 1 fully saturated rings. The highest BCUT2D eigenvalue weighted by atomic mass is 127. The smallest absolute Gasteiger partial charge is 0.00239 e. The van der Waals surface area contributed by atoms with Gasteiger partial charge < -0.3 is 0 Å². The van der Waals surface area contributed by atoms with E-state index < -0.39 is 0 Å². The van der Waals surface area contributed by atoms with Gasteiger partial charge in [-0.05, 0) is 57.3 Å². The van der Waals surface area contributed by atoms with Gasteiger partial charge in [0.1, 0.15) is 0 Å². The Balaban J connectivity index is 2.39. The lowest BCUT2D eigenvalue weighted by Crippen LogP contribution is -2.16. The fourth-order valence-corrected chi connectivity index (χ4v) is 3.08. The van der Waals surface area contributed by atoms with Gasteiger partial charge in [-0.3, -0.25) is 0 Å². The van der Waals surface area contributed by atoms with Gasteiger partial charge in [-0.2, -0.15) is 0 Å². The zero-order valence-electron chi connectivity index (χ0n) is 6.65. The van der Waals surface area contributed by atoms with E-state index in [2.05, 4.69) is 51.8 Å². The molecule has 1 rings (SSSR count). The minimum atomic E-state index is 0.823. The molecule has 0 spiro atoms. The summed E-state index contributed by atoms with van der Waals surface area (Å²) < 4.78 is 2.70. The summed E-state index contributed by atoms with van der Waals surface area (Å²) in [5, 5.41) is 0. The van der Waals surface area contributed by atoms with Crippen molar-refractivity contribution in [3.05, 3.63) is 10.2 Å². The molecular formula is C9H14I2. The molecule has 0 nitrogen and oxygen atoms in total. The monoisotopic (exact) mass is 376 g/mol. The molecule has 1 aliphatic carbocycles. The van der Waals surface area contributed by atoms with Gasteiger partial charge in [0.25, 0.3) is 0 Å². The van der Waals surface area contributed by atoms with Gasteiger partial charge in [0, 0.05) is 4.43 Å². The van der Waals surface area contributed by atoms with Gasteiger partial charge in [0.05, 0.1) is 0 Å². The molecule has 2 atom stereocenters. The molecule has 0 radical (unpaired) electrons. The maximum Gasteiger partial charge on any atom is 0.00239 e. The molecule has 0 aromatic rings. The van der Waals surface area contributed by atoms with Crippen LogP contribution in [0.2, 0.25) is 0 Å². The molecule has 0 heterocycles. The first-order valence-electron chi connectivity index (χ1n) is 4.14. The first kappa shape index (κ1) is 10.3. The topological polar surface area (TPSA) is 0 Å². The van der Waals surface area contributed by atoms with E-state index in [1.807, 2.05) is 0 Å². The van der Waals surface area contributed by atoms with Crippen LogP contribution in [0.25, 0.3) is 0 Å². The Bertz CT molecular complexity index is 142. The molecule has 1 aliphatic rings. The van der Waals surface area contributed by atoms with Crippen molar-refractivity contribution >= 4 is 45.2 Å². The largest absolute Gasteiger partial charge is 0.0894 e. The lowest BCUT2D eigenvalue weighted by atomic mass is 9.83. The maximum absolute atomic E-state index is 4.03. The van der Waals surface area contributed by atoms with E-state index in [1.165, 1.54) is 33.7 Å². The van der Waals surface area contributed by atoms with E-state index in [1.54, 1.807) is 0 Å². The van der Waals surface area contributed by atoms with Crippen molar-refractivity contribution in [2.45, 2.75) is 25.7 Å². The molecule has 11 heavy (non-hydrogen) atoms.